The first kappa shape index (κ1) is 24.6. The largest absolute Gasteiger partial charge is 0.383 e. The van der Waals surface area contributed by atoms with Crippen LogP contribution in [0.4, 0.5) is 11.8 Å². The minimum atomic E-state index is -0.153. The lowest BCUT2D eigenvalue weighted by atomic mass is 10.1. The van der Waals surface area contributed by atoms with E-state index in [2.05, 4.69) is 26.0 Å². The quantitative estimate of drug-likeness (QED) is 0.252. The second kappa shape index (κ2) is 9.95. The Labute approximate surface area is 235 Å². The summed E-state index contributed by atoms with van der Waals surface area (Å²) in [7, 11) is 0. The number of nitrogens with two attached hydrogens (primary N) is 1. The van der Waals surface area contributed by atoms with Crippen LogP contribution in [0.25, 0.3) is 21.3 Å². The molecule has 0 bridgehead atoms. The van der Waals surface area contributed by atoms with Crippen LogP contribution in [0.2, 0.25) is 0 Å². The van der Waals surface area contributed by atoms with Gasteiger partial charge in [0.2, 0.25) is 5.95 Å². The number of carbonyl (C=O) groups is 1. The van der Waals surface area contributed by atoms with Gasteiger partial charge in [-0.1, -0.05) is 6.07 Å². The van der Waals surface area contributed by atoms with Crippen molar-refractivity contribution in [2.24, 2.45) is 0 Å². The number of nitrogen functional groups attached to an aromatic ring is 1. The van der Waals surface area contributed by atoms with Gasteiger partial charge in [-0.3, -0.25) is 9.78 Å². The highest BCUT2D eigenvalue weighted by Gasteiger charge is 2.38. The number of carbonyl (C=O) groups excluding carboxylic acids is 1. The van der Waals surface area contributed by atoms with Crippen molar-refractivity contribution < 1.29 is 4.79 Å². The lowest BCUT2D eigenvalue weighted by Crippen LogP contribution is -2.48. The number of amides is 1. The van der Waals surface area contributed by atoms with E-state index in [4.69, 9.17) is 10.7 Å². The molecule has 0 spiro atoms. The molecule has 9 nitrogen and oxygen atoms in total. The van der Waals surface area contributed by atoms with E-state index in [9.17, 15) is 4.79 Å². The topological polar surface area (TPSA) is 114 Å². The van der Waals surface area contributed by atoms with Gasteiger partial charge in [-0.15, -0.1) is 11.3 Å². The predicted molar refractivity (Wildman–Crippen MR) is 156 cm³/mol. The summed E-state index contributed by atoms with van der Waals surface area (Å²) in [5, 5.41) is 4.53. The van der Waals surface area contributed by atoms with Gasteiger partial charge in [0.1, 0.15) is 5.82 Å². The van der Waals surface area contributed by atoms with E-state index in [1.165, 1.54) is 23.4 Å². The molecule has 2 fully saturated rings. The number of nitrogens with zero attached hydrogens (tertiary/aromatic N) is 7. The van der Waals surface area contributed by atoms with Gasteiger partial charge in [-0.25, -0.2) is 30.0 Å². The standard InChI is InChI=1S/C30H28N8OS/c1-18-13-22-14-20(6-10-25(22)36-28(18)31)29(39)37(38(24-8-9-24)30-32-11-2-12-33-30)16-23-7-5-21(15-34-23)27-26(19-3-4-19)35-17-40-27/h2,5-7,10-15,17,19,24H,3-4,8-9,16H2,1H3,(H2,31,36). The summed E-state index contributed by atoms with van der Waals surface area (Å²) in [6.07, 6.45) is 9.63. The van der Waals surface area contributed by atoms with Gasteiger partial charge >= 0.3 is 0 Å². The van der Waals surface area contributed by atoms with Crippen molar-refractivity contribution in [1.29, 1.82) is 0 Å². The van der Waals surface area contributed by atoms with Crippen LogP contribution < -0.4 is 10.7 Å². The van der Waals surface area contributed by atoms with Crippen molar-refractivity contribution >= 4 is 39.9 Å². The molecule has 5 aromatic rings. The number of rotatable bonds is 8. The van der Waals surface area contributed by atoms with Gasteiger partial charge < -0.3 is 5.73 Å². The highest BCUT2D eigenvalue weighted by Crippen LogP contribution is 2.45. The third-order valence-electron chi connectivity index (χ3n) is 7.39. The Kier molecular flexibility index (Phi) is 6.11. The average Bonchev–Trinajstić information content (AvgIpc) is 3.93. The number of hydrazine groups is 1. The fourth-order valence-corrected chi connectivity index (χ4v) is 5.81. The van der Waals surface area contributed by atoms with Crippen LogP contribution in [0, 0.1) is 6.92 Å². The first-order valence-corrected chi connectivity index (χ1v) is 14.4. The van der Waals surface area contributed by atoms with Gasteiger partial charge in [-0.2, -0.15) is 0 Å². The molecule has 2 aliphatic rings. The SMILES string of the molecule is Cc1cc2cc(C(=O)N(Cc3ccc(-c4scnc4C4CC4)cn3)N(c3ncccn3)C3CC3)ccc2nc1N. The molecule has 200 valence electrons. The predicted octanol–water partition coefficient (Wildman–Crippen LogP) is 5.54. The number of aromatic nitrogens is 5. The maximum Gasteiger partial charge on any atom is 0.272 e. The zero-order valence-corrected chi connectivity index (χ0v) is 22.9. The highest BCUT2D eigenvalue weighted by atomic mass is 32.1. The van der Waals surface area contributed by atoms with Crippen LogP contribution in [-0.4, -0.2) is 41.9 Å². The van der Waals surface area contributed by atoms with Gasteiger partial charge in [0.05, 0.1) is 39.9 Å². The third-order valence-corrected chi connectivity index (χ3v) is 8.28. The fourth-order valence-electron chi connectivity index (χ4n) is 4.95. The normalized spacial score (nSPS) is 14.8. The number of hydrogen-bond acceptors (Lipinski definition) is 9. The van der Waals surface area contributed by atoms with Gasteiger partial charge in [0.25, 0.3) is 5.91 Å². The number of fused-ring (bicyclic) bond motifs is 1. The summed E-state index contributed by atoms with van der Waals surface area (Å²) < 4.78 is 0. The van der Waals surface area contributed by atoms with Crippen molar-refractivity contribution in [1.82, 2.24) is 29.9 Å². The molecule has 0 saturated heterocycles. The summed E-state index contributed by atoms with van der Waals surface area (Å²) in [4.78, 5) is 38.3. The minimum absolute atomic E-state index is 0.146. The summed E-state index contributed by atoms with van der Waals surface area (Å²) in [6, 6.07) is 13.5. The molecule has 0 aliphatic heterocycles. The van der Waals surface area contributed by atoms with Crippen molar-refractivity contribution in [3.63, 3.8) is 0 Å². The molecular formula is C30H28N8OS. The lowest BCUT2D eigenvalue weighted by Gasteiger charge is -2.35. The lowest BCUT2D eigenvalue weighted by molar-refractivity contribution is 0.0710. The Hall–Kier alpha value is -4.44. The highest BCUT2D eigenvalue weighted by molar-refractivity contribution is 7.13. The van der Waals surface area contributed by atoms with E-state index < -0.39 is 0 Å². The van der Waals surface area contributed by atoms with Crippen LogP contribution in [0.3, 0.4) is 0 Å². The fraction of sp³-hybridized carbons (Fsp3) is 0.267. The maximum absolute atomic E-state index is 14.2. The molecule has 2 saturated carbocycles. The zero-order valence-electron chi connectivity index (χ0n) is 22.1. The summed E-state index contributed by atoms with van der Waals surface area (Å²) in [5.41, 5.74) is 13.1. The van der Waals surface area contributed by atoms with Crippen LogP contribution in [-0.2, 0) is 6.54 Å². The number of pyridine rings is 2. The molecule has 40 heavy (non-hydrogen) atoms. The van der Waals surface area contributed by atoms with Crippen molar-refractivity contribution in [3.05, 3.63) is 89.1 Å². The van der Waals surface area contributed by atoms with E-state index in [1.807, 2.05) is 47.9 Å². The molecule has 4 heterocycles. The van der Waals surface area contributed by atoms with Crippen LogP contribution >= 0.6 is 11.3 Å². The zero-order chi connectivity index (χ0) is 27.2. The van der Waals surface area contributed by atoms with Crippen molar-refractivity contribution in [2.75, 3.05) is 10.7 Å². The van der Waals surface area contributed by atoms with Gasteiger partial charge in [-0.05, 0) is 74.6 Å². The van der Waals surface area contributed by atoms with E-state index in [0.29, 0.717) is 23.2 Å². The van der Waals surface area contributed by atoms with Crippen LogP contribution in [0.5, 0.6) is 0 Å². The van der Waals surface area contributed by atoms with Gasteiger partial charge in [0, 0.05) is 41.0 Å². The Morgan fingerprint density at radius 3 is 2.58 bits per heavy atom. The number of benzene rings is 1. The van der Waals surface area contributed by atoms with Crippen LogP contribution in [0.15, 0.2) is 66.6 Å². The molecule has 1 aromatic carbocycles. The summed E-state index contributed by atoms with van der Waals surface area (Å²) >= 11 is 1.66. The Balaban J connectivity index is 1.24. The number of anilines is 2. The molecule has 2 N–H and O–H groups in total. The first-order chi connectivity index (χ1) is 19.5. The van der Waals surface area contributed by atoms with Crippen molar-refractivity contribution in [2.45, 2.75) is 51.1 Å². The molecule has 0 atom stereocenters. The minimum Gasteiger partial charge on any atom is -0.383 e. The average molecular weight is 549 g/mol. The maximum atomic E-state index is 14.2. The summed E-state index contributed by atoms with van der Waals surface area (Å²) in [6.45, 7) is 2.20. The molecule has 7 rings (SSSR count). The molecule has 0 unspecified atom stereocenters. The molecule has 4 aromatic heterocycles. The van der Waals surface area contributed by atoms with E-state index in [1.54, 1.807) is 40.9 Å². The molecule has 1 amide bonds. The molecule has 0 radical (unpaired) electrons. The Morgan fingerprint density at radius 1 is 1.02 bits per heavy atom. The molecule has 2 aliphatic carbocycles. The van der Waals surface area contributed by atoms with Crippen LogP contribution in [0.1, 0.15) is 58.9 Å². The van der Waals surface area contributed by atoms with E-state index >= 15 is 0 Å². The number of thiazole rings is 1. The Bertz CT molecular complexity index is 1700. The van der Waals surface area contributed by atoms with Crippen molar-refractivity contribution in [3.8, 4) is 10.4 Å². The molecule has 10 heteroatoms. The number of aryl methyl sites for hydroxylation is 1. The second-order valence-electron chi connectivity index (χ2n) is 10.5. The smallest absolute Gasteiger partial charge is 0.272 e. The molecular weight excluding hydrogens is 520 g/mol. The first-order valence-electron chi connectivity index (χ1n) is 13.5. The summed E-state index contributed by atoms with van der Waals surface area (Å²) in [5.74, 6) is 1.41. The number of hydrogen-bond donors (Lipinski definition) is 1. The van der Waals surface area contributed by atoms with E-state index in [0.717, 1.165) is 40.6 Å². The Morgan fingerprint density at radius 2 is 1.85 bits per heavy atom. The van der Waals surface area contributed by atoms with E-state index in [-0.39, 0.29) is 18.5 Å². The monoisotopic (exact) mass is 548 g/mol. The second-order valence-corrected chi connectivity index (χ2v) is 11.3. The van der Waals surface area contributed by atoms with Gasteiger partial charge in [0.15, 0.2) is 0 Å². The third kappa shape index (κ3) is 4.75.